The summed E-state index contributed by atoms with van der Waals surface area (Å²) in [6.45, 7) is 0.0768. The summed E-state index contributed by atoms with van der Waals surface area (Å²) in [5.74, 6) is -0.798. The number of methoxy groups -OCH3 is 1. The van der Waals surface area contributed by atoms with Gasteiger partial charge in [0, 0.05) is 0 Å². The monoisotopic (exact) mass is 357 g/mol. The van der Waals surface area contributed by atoms with E-state index in [4.69, 9.17) is 9.15 Å². The predicted octanol–water partition coefficient (Wildman–Crippen LogP) is 2.88. The second-order valence-electron chi connectivity index (χ2n) is 5.26. The van der Waals surface area contributed by atoms with Crippen LogP contribution in [0.15, 0.2) is 65.3 Å². The van der Waals surface area contributed by atoms with Gasteiger partial charge in [0.05, 0.1) is 13.4 Å². The number of allylic oxidation sites excluding steroid dienone is 1. The Morgan fingerprint density at radius 2 is 1.92 bits per heavy atom. The summed E-state index contributed by atoms with van der Waals surface area (Å²) in [5, 5.41) is 2.42. The van der Waals surface area contributed by atoms with Crippen molar-refractivity contribution in [2.24, 2.45) is 0 Å². The highest BCUT2D eigenvalue weighted by Crippen LogP contribution is 2.05. The lowest BCUT2D eigenvalue weighted by atomic mass is 10.1. The Morgan fingerprint density at radius 3 is 2.58 bits per heavy atom. The fraction of sp³-hybridized carbons (Fsp3) is 0.211. The van der Waals surface area contributed by atoms with E-state index < -0.39 is 18.1 Å². The van der Waals surface area contributed by atoms with E-state index in [1.165, 1.54) is 31.6 Å². The number of ketones is 1. The van der Waals surface area contributed by atoms with Gasteiger partial charge in [0.15, 0.2) is 5.76 Å². The standard InChI is InChI=1S/C19H19NO6/c1-24-18(22)15(9-5-10-16(21)17-11-6-12-25-17)20-19(23)26-13-14-7-3-2-4-8-14/h2-8,10-12,15H,9,13H2,1H3,(H,20,23)/b10-5+. The zero-order chi connectivity index (χ0) is 18.8. The molecule has 7 heteroatoms. The zero-order valence-corrected chi connectivity index (χ0v) is 14.2. The summed E-state index contributed by atoms with van der Waals surface area (Å²) in [6, 6.07) is 11.3. The number of ether oxygens (including phenoxy) is 2. The zero-order valence-electron chi connectivity index (χ0n) is 14.2. The quantitative estimate of drug-likeness (QED) is 0.443. The number of alkyl carbamates (subject to hydrolysis) is 1. The van der Waals surface area contributed by atoms with Crippen LogP contribution in [0.4, 0.5) is 4.79 Å². The van der Waals surface area contributed by atoms with Crippen LogP contribution in [0, 0.1) is 0 Å². The van der Waals surface area contributed by atoms with Crippen molar-refractivity contribution >= 4 is 17.8 Å². The van der Waals surface area contributed by atoms with E-state index >= 15 is 0 Å². The molecule has 2 aromatic rings. The number of benzene rings is 1. The molecule has 136 valence electrons. The van der Waals surface area contributed by atoms with Crippen molar-refractivity contribution in [1.29, 1.82) is 0 Å². The van der Waals surface area contributed by atoms with Crippen LogP contribution in [-0.4, -0.2) is 31.0 Å². The minimum absolute atomic E-state index is 0.0690. The molecule has 2 rings (SSSR count). The summed E-state index contributed by atoms with van der Waals surface area (Å²) in [6.07, 6.45) is 3.44. The van der Waals surface area contributed by atoms with Crippen LogP contribution < -0.4 is 5.32 Å². The lowest BCUT2D eigenvalue weighted by molar-refractivity contribution is -0.142. The van der Waals surface area contributed by atoms with E-state index in [0.29, 0.717) is 0 Å². The molecule has 1 aromatic carbocycles. The fourth-order valence-corrected chi connectivity index (χ4v) is 2.08. The first kappa shape index (κ1) is 19.0. The Morgan fingerprint density at radius 1 is 1.15 bits per heavy atom. The Labute approximate surface area is 150 Å². The molecule has 0 aliphatic carbocycles. The number of amides is 1. The minimum atomic E-state index is -0.969. The molecule has 0 aliphatic rings. The van der Waals surface area contributed by atoms with Crippen molar-refractivity contribution in [2.75, 3.05) is 7.11 Å². The minimum Gasteiger partial charge on any atom is -0.467 e. The third-order valence-electron chi connectivity index (χ3n) is 3.40. The van der Waals surface area contributed by atoms with E-state index in [2.05, 4.69) is 10.1 Å². The SMILES string of the molecule is COC(=O)C(C/C=C/C(=O)c1ccco1)NC(=O)OCc1ccccc1. The molecule has 0 aliphatic heterocycles. The van der Waals surface area contributed by atoms with E-state index in [9.17, 15) is 14.4 Å². The molecule has 0 spiro atoms. The van der Waals surface area contributed by atoms with Crippen LogP contribution in [0.5, 0.6) is 0 Å². The van der Waals surface area contributed by atoms with Gasteiger partial charge in [-0.2, -0.15) is 0 Å². The second kappa shape index (κ2) is 9.83. The first-order valence-corrected chi connectivity index (χ1v) is 7.89. The largest absolute Gasteiger partial charge is 0.467 e. The van der Waals surface area contributed by atoms with Crippen molar-refractivity contribution in [3.05, 3.63) is 72.2 Å². The molecular weight excluding hydrogens is 338 g/mol. The lowest BCUT2D eigenvalue weighted by Crippen LogP contribution is -2.41. The maximum absolute atomic E-state index is 11.9. The molecule has 1 N–H and O–H groups in total. The van der Waals surface area contributed by atoms with Gasteiger partial charge in [-0.25, -0.2) is 9.59 Å². The summed E-state index contributed by atoms with van der Waals surface area (Å²) < 4.78 is 14.7. The molecule has 0 fully saturated rings. The molecule has 1 atom stereocenters. The number of rotatable bonds is 8. The topological polar surface area (TPSA) is 94.8 Å². The molecule has 26 heavy (non-hydrogen) atoms. The van der Waals surface area contributed by atoms with Crippen molar-refractivity contribution in [2.45, 2.75) is 19.1 Å². The summed E-state index contributed by atoms with van der Waals surface area (Å²) in [4.78, 5) is 35.5. The van der Waals surface area contributed by atoms with Crippen LogP contribution in [0.25, 0.3) is 0 Å². The van der Waals surface area contributed by atoms with Crippen molar-refractivity contribution in [1.82, 2.24) is 5.32 Å². The Kier molecular flexibility index (Phi) is 7.17. The van der Waals surface area contributed by atoms with Crippen molar-refractivity contribution in [3.8, 4) is 0 Å². The van der Waals surface area contributed by atoms with Gasteiger partial charge < -0.3 is 19.2 Å². The van der Waals surface area contributed by atoms with Crippen LogP contribution in [-0.2, 0) is 20.9 Å². The summed E-state index contributed by atoms with van der Waals surface area (Å²) >= 11 is 0. The molecule has 7 nitrogen and oxygen atoms in total. The van der Waals surface area contributed by atoms with Gasteiger partial charge in [0.2, 0.25) is 5.78 Å². The number of esters is 1. The summed E-state index contributed by atoms with van der Waals surface area (Å²) in [5.41, 5.74) is 0.821. The molecule has 1 amide bonds. The van der Waals surface area contributed by atoms with Crippen LogP contribution in [0.2, 0.25) is 0 Å². The van der Waals surface area contributed by atoms with Gasteiger partial charge in [-0.15, -0.1) is 0 Å². The van der Waals surface area contributed by atoms with Gasteiger partial charge >= 0.3 is 12.1 Å². The van der Waals surface area contributed by atoms with E-state index in [-0.39, 0.29) is 24.6 Å². The fourth-order valence-electron chi connectivity index (χ4n) is 2.08. The number of hydrogen-bond donors (Lipinski definition) is 1. The van der Waals surface area contributed by atoms with Gasteiger partial charge in [-0.1, -0.05) is 36.4 Å². The van der Waals surface area contributed by atoms with Crippen molar-refractivity contribution in [3.63, 3.8) is 0 Å². The number of nitrogens with one attached hydrogen (secondary N) is 1. The lowest BCUT2D eigenvalue weighted by Gasteiger charge is -2.14. The number of carbonyl (C=O) groups excluding carboxylic acids is 3. The van der Waals surface area contributed by atoms with Crippen LogP contribution in [0.3, 0.4) is 0 Å². The number of hydrogen-bond acceptors (Lipinski definition) is 6. The predicted molar refractivity (Wildman–Crippen MR) is 92.4 cm³/mol. The van der Waals surface area contributed by atoms with Gasteiger partial charge in [0.25, 0.3) is 0 Å². The Hall–Kier alpha value is -3.35. The maximum Gasteiger partial charge on any atom is 0.408 e. The normalized spacial score (nSPS) is 11.7. The Bertz CT molecular complexity index is 752. The third-order valence-corrected chi connectivity index (χ3v) is 3.40. The second-order valence-corrected chi connectivity index (χ2v) is 5.26. The molecular formula is C19H19NO6. The van der Waals surface area contributed by atoms with Crippen LogP contribution in [0.1, 0.15) is 22.5 Å². The molecule has 0 bridgehead atoms. The molecule has 0 saturated carbocycles. The summed E-state index contributed by atoms with van der Waals surface area (Å²) in [7, 11) is 1.21. The highest BCUT2D eigenvalue weighted by Gasteiger charge is 2.21. The molecule has 1 aromatic heterocycles. The average molecular weight is 357 g/mol. The van der Waals surface area contributed by atoms with Crippen LogP contribution >= 0.6 is 0 Å². The Balaban J connectivity index is 1.87. The maximum atomic E-state index is 11.9. The number of furan rings is 1. The van der Waals surface area contributed by atoms with E-state index in [1.807, 2.05) is 30.3 Å². The van der Waals surface area contributed by atoms with Crippen molar-refractivity contribution < 1.29 is 28.3 Å². The first-order valence-electron chi connectivity index (χ1n) is 7.89. The number of carbonyl (C=O) groups is 3. The molecule has 0 saturated heterocycles. The highest BCUT2D eigenvalue weighted by molar-refractivity contribution is 6.02. The first-order chi connectivity index (χ1) is 12.6. The van der Waals surface area contributed by atoms with E-state index in [0.717, 1.165) is 5.56 Å². The third kappa shape index (κ3) is 5.94. The molecule has 0 radical (unpaired) electrons. The van der Waals surface area contributed by atoms with Gasteiger partial charge in [-0.3, -0.25) is 4.79 Å². The van der Waals surface area contributed by atoms with Gasteiger partial charge in [-0.05, 0) is 30.2 Å². The average Bonchev–Trinajstić information content (AvgIpc) is 3.20. The van der Waals surface area contributed by atoms with E-state index in [1.54, 1.807) is 6.07 Å². The van der Waals surface area contributed by atoms with Gasteiger partial charge in [0.1, 0.15) is 12.6 Å². The highest BCUT2D eigenvalue weighted by atomic mass is 16.6. The smallest absolute Gasteiger partial charge is 0.408 e. The molecule has 1 heterocycles. The molecule has 1 unspecified atom stereocenters.